The van der Waals surface area contributed by atoms with Crippen LogP contribution < -0.4 is 5.32 Å². The summed E-state index contributed by atoms with van der Waals surface area (Å²) in [6.07, 6.45) is 4.77. The van der Waals surface area contributed by atoms with E-state index in [0.717, 1.165) is 31.9 Å². The third kappa shape index (κ3) is 5.41. The highest BCUT2D eigenvalue weighted by Gasteiger charge is 1.96. The summed E-state index contributed by atoms with van der Waals surface area (Å²) in [4.78, 5) is 1.31. The lowest BCUT2D eigenvalue weighted by atomic mass is 10.2. The second kappa shape index (κ2) is 8.84. The van der Waals surface area contributed by atoms with Crippen molar-refractivity contribution in [3.8, 4) is 0 Å². The van der Waals surface area contributed by atoms with Crippen LogP contribution in [0, 0.1) is 0 Å². The van der Waals surface area contributed by atoms with E-state index in [2.05, 4.69) is 35.8 Å². The van der Waals surface area contributed by atoms with E-state index in [9.17, 15) is 0 Å². The summed E-state index contributed by atoms with van der Waals surface area (Å²) in [6, 6.07) is 12.5. The first-order valence-corrected chi connectivity index (χ1v) is 8.05. The van der Waals surface area contributed by atoms with E-state index < -0.39 is 0 Å². The van der Waals surface area contributed by atoms with Crippen LogP contribution in [-0.4, -0.2) is 19.4 Å². The van der Waals surface area contributed by atoms with Crippen molar-refractivity contribution in [2.24, 2.45) is 0 Å². The van der Waals surface area contributed by atoms with Gasteiger partial charge in [-0.2, -0.15) is 0 Å². The quantitative estimate of drug-likeness (QED) is 0.564. The number of ether oxygens (including phenoxy) is 1. The first-order valence-electron chi connectivity index (χ1n) is 6.82. The van der Waals surface area contributed by atoms with E-state index in [1.165, 1.54) is 10.5 Å². The van der Waals surface area contributed by atoms with Crippen LogP contribution in [0.4, 0.5) is 0 Å². The monoisotopic (exact) mass is 291 g/mol. The molecule has 0 aliphatic carbocycles. The summed E-state index contributed by atoms with van der Waals surface area (Å²) in [6.45, 7) is 3.18. The van der Waals surface area contributed by atoms with E-state index in [1.54, 1.807) is 18.0 Å². The van der Waals surface area contributed by atoms with E-state index >= 15 is 0 Å². The molecule has 0 amide bonds. The van der Waals surface area contributed by atoms with Gasteiger partial charge in [0.15, 0.2) is 0 Å². The van der Waals surface area contributed by atoms with Gasteiger partial charge in [0.2, 0.25) is 0 Å². The molecule has 20 heavy (non-hydrogen) atoms. The molecular weight excluding hydrogens is 270 g/mol. The SMILES string of the molecule is CSc1ccc(CNCCCOCc2ccco2)cc1. The van der Waals surface area contributed by atoms with Crippen LogP contribution in [0.25, 0.3) is 0 Å². The van der Waals surface area contributed by atoms with E-state index in [-0.39, 0.29) is 0 Å². The third-order valence-corrected chi connectivity index (χ3v) is 3.70. The average molecular weight is 291 g/mol. The minimum atomic E-state index is 0.559. The molecule has 0 unspecified atom stereocenters. The van der Waals surface area contributed by atoms with Gasteiger partial charge in [-0.25, -0.2) is 0 Å². The summed E-state index contributed by atoms with van der Waals surface area (Å²) in [5.41, 5.74) is 1.32. The van der Waals surface area contributed by atoms with Crippen LogP contribution in [0.5, 0.6) is 0 Å². The topological polar surface area (TPSA) is 34.4 Å². The lowest BCUT2D eigenvalue weighted by Crippen LogP contribution is -2.16. The molecule has 1 aromatic carbocycles. The maximum Gasteiger partial charge on any atom is 0.129 e. The highest BCUT2D eigenvalue weighted by atomic mass is 32.2. The second-order valence-corrected chi connectivity index (χ2v) is 5.39. The van der Waals surface area contributed by atoms with Gasteiger partial charge >= 0.3 is 0 Å². The number of nitrogens with one attached hydrogen (secondary N) is 1. The fourth-order valence-corrected chi connectivity index (χ4v) is 2.25. The molecule has 1 aromatic heterocycles. The Balaban J connectivity index is 1.50. The average Bonchev–Trinajstić information content (AvgIpc) is 3.00. The van der Waals surface area contributed by atoms with Gasteiger partial charge in [-0.15, -0.1) is 11.8 Å². The molecule has 4 heteroatoms. The summed E-state index contributed by atoms with van der Waals surface area (Å²) >= 11 is 1.77. The molecular formula is C16H21NO2S. The number of thioether (sulfide) groups is 1. The number of hydrogen-bond acceptors (Lipinski definition) is 4. The molecule has 0 aliphatic heterocycles. The molecule has 0 aliphatic rings. The van der Waals surface area contributed by atoms with Gasteiger partial charge in [0.1, 0.15) is 12.4 Å². The summed E-state index contributed by atoms with van der Waals surface area (Å²) in [7, 11) is 0. The number of hydrogen-bond donors (Lipinski definition) is 1. The zero-order valence-electron chi connectivity index (χ0n) is 11.8. The molecule has 0 bridgehead atoms. The molecule has 2 rings (SSSR count). The van der Waals surface area contributed by atoms with Gasteiger partial charge in [-0.1, -0.05) is 12.1 Å². The number of rotatable bonds is 9. The summed E-state index contributed by atoms with van der Waals surface area (Å²) in [5.74, 6) is 0.881. The first-order chi connectivity index (χ1) is 9.88. The van der Waals surface area contributed by atoms with Crippen molar-refractivity contribution in [1.82, 2.24) is 5.32 Å². The molecule has 0 radical (unpaired) electrons. The van der Waals surface area contributed by atoms with Crippen molar-refractivity contribution in [3.63, 3.8) is 0 Å². The maximum absolute atomic E-state index is 5.52. The van der Waals surface area contributed by atoms with Gasteiger partial charge in [0, 0.05) is 18.0 Å². The summed E-state index contributed by atoms with van der Waals surface area (Å²) < 4.78 is 10.7. The van der Waals surface area contributed by atoms with Crippen LogP contribution in [0.15, 0.2) is 52.0 Å². The molecule has 0 saturated carbocycles. The Labute approximate surface area is 124 Å². The summed E-state index contributed by atoms with van der Waals surface area (Å²) in [5, 5.41) is 3.42. The Hall–Kier alpha value is -1.23. The van der Waals surface area contributed by atoms with Gasteiger partial charge in [0.25, 0.3) is 0 Å². The molecule has 0 atom stereocenters. The predicted molar refractivity (Wildman–Crippen MR) is 82.9 cm³/mol. The van der Waals surface area contributed by atoms with Crippen LogP contribution in [-0.2, 0) is 17.9 Å². The second-order valence-electron chi connectivity index (χ2n) is 4.51. The van der Waals surface area contributed by atoms with E-state index in [1.807, 2.05) is 12.1 Å². The Morgan fingerprint density at radius 3 is 2.75 bits per heavy atom. The van der Waals surface area contributed by atoms with Gasteiger partial charge < -0.3 is 14.5 Å². The van der Waals surface area contributed by atoms with Gasteiger partial charge in [-0.3, -0.25) is 0 Å². The van der Waals surface area contributed by atoms with Crippen molar-refractivity contribution in [2.75, 3.05) is 19.4 Å². The van der Waals surface area contributed by atoms with Crippen LogP contribution in [0.3, 0.4) is 0 Å². The van der Waals surface area contributed by atoms with Crippen molar-refractivity contribution < 1.29 is 9.15 Å². The minimum absolute atomic E-state index is 0.559. The van der Waals surface area contributed by atoms with E-state index in [0.29, 0.717) is 6.61 Å². The smallest absolute Gasteiger partial charge is 0.129 e. The Morgan fingerprint density at radius 2 is 2.05 bits per heavy atom. The van der Waals surface area contributed by atoms with Crippen molar-refractivity contribution >= 4 is 11.8 Å². The van der Waals surface area contributed by atoms with Gasteiger partial charge in [0.05, 0.1) is 6.26 Å². The number of benzene rings is 1. The molecule has 0 fully saturated rings. The standard InChI is InChI=1S/C16H21NO2S/c1-20-16-7-5-14(6-8-16)12-17-9-3-10-18-13-15-4-2-11-19-15/h2,4-8,11,17H,3,9-10,12-13H2,1H3. The van der Waals surface area contributed by atoms with E-state index in [4.69, 9.17) is 9.15 Å². The molecule has 108 valence electrons. The van der Waals surface area contributed by atoms with Crippen LogP contribution >= 0.6 is 11.8 Å². The minimum Gasteiger partial charge on any atom is -0.467 e. The normalized spacial score (nSPS) is 10.8. The van der Waals surface area contributed by atoms with Crippen LogP contribution in [0.2, 0.25) is 0 Å². The molecule has 1 N–H and O–H groups in total. The zero-order chi connectivity index (χ0) is 14.0. The van der Waals surface area contributed by atoms with Crippen molar-refractivity contribution in [2.45, 2.75) is 24.5 Å². The fourth-order valence-electron chi connectivity index (χ4n) is 1.84. The molecule has 2 aromatic rings. The highest BCUT2D eigenvalue weighted by Crippen LogP contribution is 2.14. The first kappa shape index (κ1) is 15.2. The predicted octanol–water partition coefficient (Wildman–Crippen LogP) is 3.70. The van der Waals surface area contributed by atoms with Crippen molar-refractivity contribution in [3.05, 3.63) is 54.0 Å². The maximum atomic E-state index is 5.52. The Morgan fingerprint density at radius 1 is 1.20 bits per heavy atom. The van der Waals surface area contributed by atoms with Crippen LogP contribution in [0.1, 0.15) is 17.7 Å². The molecule has 0 spiro atoms. The highest BCUT2D eigenvalue weighted by molar-refractivity contribution is 7.98. The van der Waals surface area contributed by atoms with Crippen molar-refractivity contribution in [1.29, 1.82) is 0 Å². The fraction of sp³-hybridized carbons (Fsp3) is 0.375. The lowest BCUT2D eigenvalue weighted by Gasteiger charge is -2.06. The molecule has 3 nitrogen and oxygen atoms in total. The zero-order valence-corrected chi connectivity index (χ0v) is 12.6. The lowest BCUT2D eigenvalue weighted by molar-refractivity contribution is 0.104. The Bertz CT molecular complexity index is 468. The third-order valence-electron chi connectivity index (χ3n) is 2.95. The largest absolute Gasteiger partial charge is 0.467 e. The molecule has 1 heterocycles. The van der Waals surface area contributed by atoms with Gasteiger partial charge in [-0.05, 0) is 49.1 Å². The Kier molecular flexibility index (Phi) is 6.71. The molecule has 0 saturated heterocycles. The number of furan rings is 1.